The summed E-state index contributed by atoms with van der Waals surface area (Å²) in [5.41, 5.74) is 4.92. The fraction of sp³-hybridized carbons (Fsp3) is 1.00. The van der Waals surface area contributed by atoms with Crippen LogP contribution in [0.4, 0.5) is 17.6 Å². The molecule has 5 unspecified atom stereocenters. The first-order chi connectivity index (χ1) is 5.04. The molecular weight excluding hydrogens is 162 g/mol. The maximum absolute atomic E-state index is 12.5. The number of rotatable bonds is 0. The van der Waals surface area contributed by atoms with Gasteiger partial charge in [0, 0.05) is 6.42 Å². The third-order valence-electron chi connectivity index (χ3n) is 1.89. The van der Waals surface area contributed by atoms with Gasteiger partial charge in [-0.05, 0) is 0 Å². The van der Waals surface area contributed by atoms with Crippen LogP contribution in [0, 0.1) is 0 Å². The number of hydrogen-bond acceptors (Lipinski definition) is 1. The normalized spacial score (nSPS) is 52.6. The second kappa shape index (κ2) is 2.97. The van der Waals surface area contributed by atoms with E-state index in [1.807, 2.05) is 0 Å². The fourth-order valence-electron chi connectivity index (χ4n) is 1.11. The van der Waals surface area contributed by atoms with Crippen molar-refractivity contribution >= 4 is 0 Å². The van der Waals surface area contributed by atoms with E-state index in [1.165, 1.54) is 0 Å². The lowest BCUT2D eigenvalue weighted by Crippen LogP contribution is -2.53. The Balaban J connectivity index is 2.63. The van der Waals surface area contributed by atoms with Gasteiger partial charge in [0.2, 0.25) is 0 Å². The Hall–Kier alpha value is -0.320. The van der Waals surface area contributed by atoms with E-state index in [9.17, 15) is 17.6 Å². The van der Waals surface area contributed by atoms with Gasteiger partial charge < -0.3 is 5.73 Å². The van der Waals surface area contributed by atoms with Crippen molar-refractivity contribution in [2.24, 2.45) is 5.73 Å². The molecule has 1 aliphatic carbocycles. The lowest BCUT2D eigenvalue weighted by Gasteiger charge is -2.31. The van der Waals surface area contributed by atoms with Gasteiger partial charge in [-0.1, -0.05) is 0 Å². The molecule has 11 heavy (non-hydrogen) atoms. The SMILES string of the molecule is NC1C(F)CC(F)C(F)C1F. The molecule has 0 saturated heterocycles. The Morgan fingerprint density at radius 3 is 2.00 bits per heavy atom. The molecule has 1 fully saturated rings. The zero-order valence-corrected chi connectivity index (χ0v) is 5.68. The van der Waals surface area contributed by atoms with E-state index in [0.29, 0.717) is 0 Å². The predicted molar refractivity (Wildman–Crippen MR) is 32.2 cm³/mol. The van der Waals surface area contributed by atoms with Gasteiger partial charge in [0.25, 0.3) is 0 Å². The highest BCUT2D eigenvalue weighted by atomic mass is 19.2. The van der Waals surface area contributed by atoms with E-state index < -0.39 is 37.1 Å². The number of halogens is 4. The first kappa shape index (κ1) is 8.77. The molecule has 0 heterocycles. The maximum Gasteiger partial charge on any atom is 0.164 e. The van der Waals surface area contributed by atoms with Crippen molar-refractivity contribution in [1.82, 2.24) is 0 Å². The van der Waals surface area contributed by atoms with E-state index in [1.54, 1.807) is 0 Å². The molecule has 1 nitrogen and oxygen atoms in total. The van der Waals surface area contributed by atoms with E-state index in [0.717, 1.165) is 0 Å². The predicted octanol–water partition coefficient (Wildman–Crippen LogP) is 1.07. The molecule has 0 radical (unpaired) electrons. The number of hydrogen-bond donors (Lipinski definition) is 1. The van der Waals surface area contributed by atoms with Crippen molar-refractivity contribution in [3.05, 3.63) is 0 Å². The summed E-state index contributed by atoms with van der Waals surface area (Å²) >= 11 is 0. The van der Waals surface area contributed by atoms with Crippen molar-refractivity contribution in [2.75, 3.05) is 0 Å². The lowest BCUT2D eigenvalue weighted by atomic mass is 9.90. The maximum atomic E-state index is 12.5. The molecule has 0 bridgehead atoms. The van der Waals surface area contributed by atoms with Crippen molar-refractivity contribution in [2.45, 2.75) is 37.1 Å². The minimum atomic E-state index is -2.27. The highest BCUT2D eigenvalue weighted by Gasteiger charge is 2.44. The van der Waals surface area contributed by atoms with Crippen LogP contribution >= 0.6 is 0 Å². The zero-order valence-electron chi connectivity index (χ0n) is 5.68. The van der Waals surface area contributed by atoms with Crippen LogP contribution in [0.5, 0.6) is 0 Å². The molecule has 0 aromatic rings. The van der Waals surface area contributed by atoms with Gasteiger partial charge in [0.15, 0.2) is 12.3 Å². The molecule has 1 rings (SSSR count). The van der Waals surface area contributed by atoms with Crippen LogP contribution in [0.2, 0.25) is 0 Å². The minimum Gasteiger partial charge on any atom is -0.323 e. The molecule has 0 amide bonds. The van der Waals surface area contributed by atoms with Crippen LogP contribution in [0.1, 0.15) is 6.42 Å². The summed E-state index contributed by atoms with van der Waals surface area (Å²) in [6, 6.07) is -1.52. The van der Waals surface area contributed by atoms with Gasteiger partial charge in [-0.15, -0.1) is 0 Å². The van der Waals surface area contributed by atoms with Gasteiger partial charge in [-0.2, -0.15) is 0 Å². The molecule has 5 heteroatoms. The van der Waals surface area contributed by atoms with Crippen molar-refractivity contribution in [3.8, 4) is 0 Å². The first-order valence-electron chi connectivity index (χ1n) is 3.36. The fourth-order valence-corrected chi connectivity index (χ4v) is 1.11. The summed E-state index contributed by atoms with van der Waals surface area (Å²) in [7, 11) is 0. The van der Waals surface area contributed by atoms with Crippen LogP contribution < -0.4 is 5.73 Å². The van der Waals surface area contributed by atoms with Crippen molar-refractivity contribution in [1.29, 1.82) is 0 Å². The Morgan fingerprint density at radius 2 is 1.45 bits per heavy atom. The van der Waals surface area contributed by atoms with Crippen LogP contribution in [0.3, 0.4) is 0 Å². The summed E-state index contributed by atoms with van der Waals surface area (Å²) in [5, 5.41) is 0. The molecule has 5 atom stereocenters. The molecule has 0 spiro atoms. The van der Waals surface area contributed by atoms with Gasteiger partial charge in [0.05, 0.1) is 6.04 Å². The molecule has 66 valence electrons. The highest BCUT2D eigenvalue weighted by molar-refractivity contribution is 4.95. The van der Waals surface area contributed by atoms with E-state index >= 15 is 0 Å². The Morgan fingerprint density at radius 1 is 0.909 bits per heavy atom. The molecule has 1 aliphatic rings. The Labute approximate surface area is 61.6 Å². The third-order valence-corrected chi connectivity index (χ3v) is 1.89. The molecule has 0 aromatic carbocycles. The van der Waals surface area contributed by atoms with Gasteiger partial charge >= 0.3 is 0 Å². The van der Waals surface area contributed by atoms with Crippen LogP contribution in [0.15, 0.2) is 0 Å². The first-order valence-corrected chi connectivity index (χ1v) is 3.36. The van der Waals surface area contributed by atoms with Gasteiger partial charge in [0.1, 0.15) is 12.3 Å². The second-order valence-electron chi connectivity index (χ2n) is 2.73. The van der Waals surface area contributed by atoms with E-state index in [-0.39, 0.29) is 0 Å². The zero-order chi connectivity index (χ0) is 8.59. The Bertz CT molecular complexity index is 129. The monoisotopic (exact) mass is 171 g/mol. The van der Waals surface area contributed by atoms with E-state index in [4.69, 9.17) is 5.73 Å². The third kappa shape index (κ3) is 1.47. The Kier molecular flexibility index (Phi) is 2.37. The molecule has 1 saturated carbocycles. The summed E-state index contributed by atoms with van der Waals surface area (Å²) in [4.78, 5) is 0. The van der Waals surface area contributed by atoms with Crippen molar-refractivity contribution in [3.63, 3.8) is 0 Å². The quantitative estimate of drug-likeness (QED) is 0.542. The smallest absolute Gasteiger partial charge is 0.164 e. The average Bonchev–Trinajstić information content (AvgIpc) is 1.97. The van der Waals surface area contributed by atoms with Gasteiger partial charge in [-0.3, -0.25) is 0 Å². The molecule has 0 aromatic heterocycles. The summed E-state index contributed by atoms with van der Waals surface area (Å²) in [6.07, 6.45) is -8.94. The summed E-state index contributed by atoms with van der Waals surface area (Å²) < 4.78 is 49.7. The standard InChI is InChI=1S/C6H9F4N/c7-2-1-3(8)6(11)5(10)4(2)9/h2-6H,1,11H2. The topological polar surface area (TPSA) is 26.0 Å². The van der Waals surface area contributed by atoms with Crippen molar-refractivity contribution < 1.29 is 17.6 Å². The molecule has 0 aliphatic heterocycles. The van der Waals surface area contributed by atoms with Crippen LogP contribution in [-0.2, 0) is 0 Å². The van der Waals surface area contributed by atoms with E-state index in [2.05, 4.69) is 0 Å². The van der Waals surface area contributed by atoms with Crippen LogP contribution in [-0.4, -0.2) is 30.7 Å². The second-order valence-corrected chi connectivity index (χ2v) is 2.73. The number of alkyl halides is 4. The van der Waals surface area contributed by atoms with Gasteiger partial charge in [-0.25, -0.2) is 17.6 Å². The lowest BCUT2D eigenvalue weighted by molar-refractivity contribution is -0.00766. The summed E-state index contributed by atoms with van der Waals surface area (Å²) in [5.74, 6) is 0. The average molecular weight is 171 g/mol. The molecule has 2 N–H and O–H groups in total. The molecular formula is C6H9F4N. The minimum absolute atomic E-state index is 0.636. The summed E-state index contributed by atoms with van der Waals surface area (Å²) in [6.45, 7) is 0. The highest BCUT2D eigenvalue weighted by Crippen LogP contribution is 2.28. The van der Waals surface area contributed by atoms with Crippen LogP contribution in [0.25, 0.3) is 0 Å². The largest absolute Gasteiger partial charge is 0.323 e. The number of nitrogens with two attached hydrogens (primary N) is 1.